The quantitative estimate of drug-likeness (QED) is 0.728. The number of benzene rings is 1. The van der Waals surface area contributed by atoms with Crippen LogP contribution < -0.4 is 20.7 Å². The second-order valence-corrected chi connectivity index (χ2v) is 4.98. The van der Waals surface area contributed by atoms with Crippen LogP contribution in [0.3, 0.4) is 0 Å². The summed E-state index contributed by atoms with van der Waals surface area (Å²) in [7, 11) is 1.46. The number of aryl methyl sites for hydroxylation is 1. The van der Waals surface area contributed by atoms with Crippen molar-refractivity contribution in [3.05, 3.63) is 22.7 Å². The first-order valence-electron chi connectivity index (χ1n) is 6.16. The number of ether oxygens (including phenoxy) is 1. The summed E-state index contributed by atoms with van der Waals surface area (Å²) in [5.74, 6) is -0.523. The third-order valence-electron chi connectivity index (χ3n) is 3.00. The molecule has 4 amide bonds. The van der Waals surface area contributed by atoms with Crippen molar-refractivity contribution in [3.63, 3.8) is 0 Å². The van der Waals surface area contributed by atoms with Gasteiger partial charge in [-0.05, 0) is 18.6 Å². The first kappa shape index (κ1) is 15.1. The summed E-state index contributed by atoms with van der Waals surface area (Å²) >= 11 is 5.98. The second kappa shape index (κ2) is 6.01. The molecule has 1 aliphatic rings. The molecule has 1 saturated heterocycles. The number of anilines is 1. The second-order valence-electron chi connectivity index (χ2n) is 4.57. The zero-order chi connectivity index (χ0) is 15.6. The van der Waals surface area contributed by atoms with E-state index in [0.717, 1.165) is 5.56 Å². The molecule has 1 aromatic rings. The molecular formula is C13H14ClN3O4. The lowest BCUT2D eigenvalue weighted by atomic mass is 10.1. The van der Waals surface area contributed by atoms with Crippen molar-refractivity contribution in [1.82, 2.24) is 10.6 Å². The topological polar surface area (TPSA) is 96.5 Å². The zero-order valence-corrected chi connectivity index (χ0v) is 12.2. The SMILES string of the molecule is COc1cc(Cl)c(C)cc1NC(=O)CC1NC(=O)NC1=O. The Balaban J connectivity index is 2.08. The van der Waals surface area contributed by atoms with Crippen LogP contribution in [0.4, 0.5) is 10.5 Å². The summed E-state index contributed by atoms with van der Waals surface area (Å²) in [5.41, 5.74) is 1.23. The van der Waals surface area contributed by atoms with Gasteiger partial charge in [-0.3, -0.25) is 14.9 Å². The van der Waals surface area contributed by atoms with Gasteiger partial charge in [0.1, 0.15) is 11.8 Å². The minimum Gasteiger partial charge on any atom is -0.495 e. The number of carbonyl (C=O) groups is 3. The Morgan fingerprint density at radius 2 is 2.14 bits per heavy atom. The van der Waals surface area contributed by atoms with Crippen molar-refractivity contribution in [3.8, 4) is 5.75 Å². The molecule has 0 aromatic heterocycles. The molecule has 0 radical (unpaired) electrons. The third kappa shape index (κ3) is 3.43. The van der Waals surface area contributed by atoms with Gasteiger partial charge in [-0.25, -0.2) is 4.79 Å². The van der Waals surface area contributed by atoms with Crippen molar-refractivity contribution >= 4 is 35.1 Å². The maximum Gasteiger partial charge on any atom is 0.322 e. The Hall–Kier alpha value is -2.28. The van der Waals surface area contributed by atoms with Crippen LogP contribution in [0, 0.1) is 6.92 Å². The highest BCUT2D eigenvalue weighted by molar-refractivity contribution is 6.31. The predicted molar refractivity (Wildman–Crippen MR) is 76.5 cm³/mol. The highest BCUT2D eigenvalue weighted by Crippen LogP contribution is 2.31. The van der Waals surface area contributed by atoms with E-state index < -0.39 is 23.9 Å². The average molecular weight is 312 g/mol. The number of urea groups is 1. The summed E-state index contributed by atoms with van der Waals surface area (Å²) in [4.78, 5) is 34.3. The smallest absolute Gasteiger partial charge is 0.322 e. The van der Waals surface area contributed by atoms with Crippen LogP contribution in [0.5, 0.6) is 5.75 Å². The molecule has 1 atom stereocenters. The van der Waals surface area contributed by atoms with Crippen LogP contribution in [-0.4, -0.2) is 31.0 Å². The summed E-state index contributed by atoms with van der Waals surface area (Å²) < 4.78 is 5.14. The number of hydrogen-bond acceptors (Lipinski definition) is 4. The first-order chi connectivity index (χ1) is 9.90. The lowest BCUT2D eigenvalue weighted by Gasteiger charge is -2.13. The van der Waals surface area contributed by atoms with Crippen molar-refractivity contribution < 1.29 is 19.1 Å². The van der Waals surface area contributed by atoms with E-state index in [1.54, 1.807) is 19.1 Å². The van der Waals surface area contributed by atoms with Crippen LogP contribution in [0.1, 0.15) is 12.0 Å². The fourth-order valence-corrected chi connectivity index (χ4v) is 2.07. The van der Waals surface area contributed by atoms with Gasteiger partial charge in [-0.1, -0.05) is 11.6 Å². The van der Waals surface area contributed by atoms with E-state index in [4.69, 9.17) is 16.3 Å². The molecule has 2 rings (SSSR count). The van der Waals surface area contributed by atoms with Gasteiger partial charge in [-0.15, -0.1) is 0 Å². The number of rotatable bonds is 4. The fraction of sp³-hybridized carbons (Fsp3) is 0.308. The monoisotopic (exact) mass is 311 g/mol. The Morgan fingerprint density at radius 1 is 1.43 bits per heavy atom. The van der Waals surface area contributed by atoms with E-state index in [-0.39, 0.29) is 6.42 Å². The molecule has 1 aliphatic heterocycles. The molecule has 3 N–H and O–H groups in total. The Kier molecular flexibility index (Phi) is 4.32. The normalized spacial score (nSPS) is 17.2. The van der Waals surface area contributed by atoms with Crippen molar-refractivity contribution in [2.45, 2.75) is 19.4 Å². The summed E-state index contributed by atoms with van der Waals surface area (Å²) in [6.07, 6.45) is -0.164. The minimum absolute atomic E-state index is 0.164. The predicted octanol–water partition coefficient (Wildman–Crippen LogP) is 1.19. The number of hydrogen-bond donors (Lipinski definition) is 3. The van der Waals surface area contributed by atoms with E-state index in [1.165, 1.54) is 7.11 Å². The van der Waals surface area contributed by atoms with Crippen molar-refractivity contribution in [2.75, 3.05) is 12.4 Å². The number of nitrogens with one attached hydrogen (secondary N) is 3. The zero-order valence-electron chi connectivity index (χ0n) is 11.5. The van der Waals surface area contributed by atoms with Gasteiger partial charge >= 0.3 is 6.03 Å². The number of carbonyl (C=O) groups excluding carboxylic acids is 3. The molecule has 112 valence electrons. The summed E-state index contributed by atoms with van der Waals surface area (Å²) in [6, 6.07) is 1.80. The van der Waals surface area contributed by atoms with Gasteiger partial charge in [-0.2, -0.15) is 0 Å². The molecule has 8 heteroatoms. The van der Waals surface area contributed by atoms with E-state index in [0.29, 0.717) is 16.5 Å². The molecule has 0 bridgehead atoms. The number of halogens is 1. The molecule has 7 nitrogen and oxygen atoms in total. The molecule has 0 aliphatic carbocycles. The highest BCUT2D eigenvalue weighted by atomic mass is 35.5. The van der Waals surface area contributed by atoms with Gasteiger partial charge in [0.05, 0.1) is 19.2 Å². The number of amides is 4. The molecule has 1 heterocycles. The number of methoxy groups -OCH3 is 1. The van der Waals surface area contributed by atoms with E-state index in [2.05, 4.69) is 16.0 Å². The van der Waals surface area contributed by atoms with Crippen LogP contribution >= 0.6 is 11.6 Å². The molecule has 1 aromatic carbocycles. The van der Waals surface area contributed by atoms with E-state index >= 15 is 0 Å². The molecule has 0 saturated carbocycles. The molecule has 0 spiro atoms. The van der Waals surface area contributed by atoms with Crippen LogP contribution in [0.2, 0.25) is 5.02 Å². The highest BCUT2D eigenvalue weighted by Gasteiger charge is 2.31. The van der Waals surface area contributed by atoms with Crippen LogP contribution in [-0.2, 0) is 9.59 Å². The molecule has 1 unspecified atom stereocenters. The van der Waals surface area contributed by atoms with Crippen molar-refractivity contribution in [2.24, 2.45) is 0 Å². The summed E-state index contributed by atoms with van der Waals surface area (Å²) in [6.45, 7) is 1.79. The average Bonchev–Trinajstić information content (AvgIpc) is 2.71. The third-order valence-corrected chi connectivity index (χ3v) is 3.41. The standard InChI is InChI=1S/C13H14ClN3O4/c1-6-3-8(10(21-2)4-7(6)14)15-11(18)5-9-12(19)17-13(20)16-9/h3-4,9H,5H2,1-2H3,(H,15,18)(H2,16,17,19,20). The van der Waals surface area contributed by atoms with Crippen molar-refractivity contribution in [1.29, 1.82) is 0 Å². The van der Waals surface area contributed by atoms with E-state index in [9.17, 15) is 14.4 Å². The Labute approximate surface area is 126 Å². The summed E-state index contributed by atoms with van der Waals surface area (Å²) in [5, 5.41) is 7.58. The van der Waals surface area contributed by atoms with Gasteiger partial charge in [0.2, 0.25) is 5.91 Å². The largest absolute Gasteiger partial charge is 0.495 e. The fourth-order valence-electron chi connectivity index (χ4n) is 1.92. The molecule has 21 heavy (non-hydrogen) atoms. The Morgan fingerprint density at radius 3 is 2.71 bits per heavy atom. The maximum atomic E-state index is 12.0. The van der Waals surface area contributed by atoms with Gasteiger partial charge in [0.15, 0.2) is 0 Å². The molecule has 1 fully saturated rings. The van der Waals surface area contributed by atoms with Gasteiger partial charge < -0.3 is 15.4 Å². The maximum absolute atomic E-state index is 12.0. The van der Waals surface area contributed by atoms with E-state index in [1.807, 2.05) is 0 Å². The number of imide groups is 1. The van der Waals surface area contributed by atoms with Crippen LogP contribution in [0.25, 0.3) is 0 Å². The Bertz CT molecular complexity index is 618. The first-order valence-corrected chi connectivity index (χ1v) is 6.54. The lowest BCUT2D eigenvalue weighted by Crippen LogP contribution is -2.33. The lowest BCUT2D eigenvalue weighted by molar-refractivity contribution is -0.124. The van der Waals surface area contributed by atoms with Gasteiger partial charge in [0.25, 0.3) is 5.91 Å². The van der Waals surface area contributed by atoms with Crippen LogP contribution in [0.15, 0.2) is 12.1 Å². The molecular weight excluding hydrogens is 298 g/mol. The van der Waals surface area contributed by atoms with Gasteiger partial charge in [0, 0.05) is 11.1 Å². The minimum atomic E-state index is -0.864.